The molecule has 0 aromatic heterocycles. The molecule has 1 aromatic carbocycles. The van der Waals surface area contributed by atoms with Gasteiger partial charge in [0.25, 0.3) is 0 Å². The molecule has 12 heavy (non-hydrogen) atoms. The van der Waals surface area contributed by atoms with Gasteiger partial charge in [-0.15, -0.1) is 0 Å². The average molecular weight is 184 g/mol. The van der Waals surface area contributed by atoms with Crippen molar-refractivity contribution < 1.29 is 0 Å². The molecule has 0 atom stereocenters. The molecule has 0 saturated heterocycles. The molecular weight excluding hydrogens is 170 g/mol. The average Bonchev–Trinajstić information content (AvgIpc) is 2.07. The van der Waals surface area contributed by atoms with Gasteiger partial charge in [0, 0.05) is 10.7 Å². The Morgan fingerprint density at radius 3 is 2.83 bits per heavy atom. The maximum Gasteiger partial charge on any atom is 0.0410 e. The molecule has 0 amide bonds. The van der Waals surface area contributed by atoms with Crippen molar-refractivity contribution in [2.45, 2.75) is 26.2 Å². The molecule has 0 heterocycles. The van der Waals surface area contributed by atoms with E-state index in [1.165, 1.54) is 18.4 Å². The van der Waals surface area contributed by atoms with Gasteiger partial charge >= 0.3 is 0 Å². The second-order valence-corrected chi connectivity index (χ2v) is 3.38. The molecule has 2 N–H and O–H groups in total. The van der Waals surface area contributed by atoms with Crippen LogP contribution in [-0.2, 0) is 6.42 Å². The molecule has 0 aliphatic carbocycles. The van der Waals surface area contributed by atoms with Crippen LogP contribution in [0, 0.1) is 0 Å². The Morgan fingerprint density at radius 2 is 2.17 bits per heavy atom. The molecule has 1 aromatic rings. The molecule has 0 saturated carbocycles. The highest BCUT2D eigenvalue weighted by Gasteiger charge is 1.98. The second kappa shape index (κ2) is 4.36. The molecular formula is C10H14ClN. The van der Waals surface area contributed by atoms with Crippen LogP contribution in [0.25, 0.3) is 0 Å². The van der Waals surface area contributed by atoms with Crippen molar-refractivity contribution in [3.63, 3.8) is 0 Å². The SMILES string of the molecule is CCCCc1cc(Cl)ccc1N. The Bertz CT molecular complexity index is 258. The summed E-state index contributed by atoms with van der Waals surface area (Å²) in [4.78, 5) is 0. The Hall–Kier alpha value is -0.690. The van der Waals surface area contributed by atoms with Gasteiger partial charge in [-0.25, -0.2) is 0 Å². The van der Waals surface area contributed by atoms with Crippen molar-refractivity contribution in [1.82, 2.24) is 0 Å². The molecule has 0 radical (unpaired) electrons. The van der Waals surface area contributed by atoms with Crippen LogP contribution in [0.4, 0.5) is 5.69 Å². The van der Waals surface area contributed by atoms with Crippen LogP contribution in [-0.4, -0.2) is 0 Å². The lowest BCUT2D eigenvalue weighted by Gasteiger charge is -2.04. The lowest BCUT2D eigenvalue weighted by Crippen LogP contribution is -1.93. The standard InChI is InChI=1S/C10H14ClN/c1-2-3-4-8-7-9(11)5-6-10(8)12/h5-7H,2-4,12H2,1H3. The van der Waals surface area contributed by atoms with Gasteiger partial charge in [0.15, 0.2) is 0 Å². The Labute approximate surface area is 78.5 Å². The van der Waals surface area contributed by atoms with E-state index < -0.39 is 0 Å². The molecule has 1 rings (SSSR count). The van der Waals surface area contributed by atoms with E-state index in [1.54, 1.807) is 0 Å². The first-order valence-electron chi connectivity index (χ1n) is 4.28. The predicted octanol–water partition coefficient (Wildman–Crippen LogP) is 3.26. The van der Waals surface area contributed by atoms with Gasteiger partial charge in [-0.1, -0.05) is 24.9 Å². The molecule has 0 spiro atoms. The fraction of sp³-hybridized carbons (Fsp3) is 0.400. The topological polar surface area (TPSA) is 26.0 Å². The summed E-state index contributed by atoms with van der Waals surface area (Å²) in [7, 11) is 0. The summed E-state index contributed by atoms with van der Waals surface area (Å²) in [6.45, 7) is 2.17. The van der Waals surface area contributed by atoms with Crippen LogP contribution in [0.2, 0.25) is 5.02 Å². The van der Waals surface area contributed by atoms with E-state index >= 15 is 0 Å². The van der Waals surface area contributed by atoms with Gasteiger partial charge in [0.2, 0.25) is 0 Å². The van der Waals surface area contributed by atoms with Crippen molar-refractivity contribution in [2.24, 2.45) is 0 Å². The Kier molecular flexibility index (Phi) is 3.42. The Balaban J connectivity index is 2.75. The number of anilines is 1. The van der Waals surface area contributed by atoms with Crippen LogP contribution in [0.5, 0.6) is 0 Å². The van der Waals surface area contributed by atoms with E-state index in [1.807, 2.05) is 18.2 Å². The summed E-state index contributed by atoms with van der Waals surface area (Å²) in [5.41, 5.74) is 7.80. The van der Waals surface area contributed by atoms with Gasteiger partial charge in [-0.2, -0.15) is 0 Å². The summed E-state index contributed by atoms with van der Waals surface area (Å²) in [5, 5.41) is 0.773. The van der Waals surface area contributed by atoms with Gasteiger partial charge in [0.05, 0.1) is 0 Å². The summed E-state index contributed by atoms with van der Waals surface area (Å²) >= 11 is 5.84. The first-order chi connectivity index (χ1) is 5.74. The van der Waals surface area contributed by atoms with Crippen molar-refractivity contribution in [2.75, 3.05) is 5.73 Å². The Morgan fingerprint density at radius 1 is 1.42 bits per heavy atom. The van der Waals surface area contributed by atoms with Crippen molar-refractivity contribution in [1.29, 1.82) is 0 Å². The molecule has 0 fully saturated rings. The first-order valence-corrected chi connectivity index (χ1v) is 4.65. The molecule has 0 aliphatic rings. The largest absolute Gasteiger partial charge is 0.399 e. The van der Waals surface area contributed by atoms with E-state index in [4.69, 9.17) is 17.3 Å². The number of hydrogen-bond donors (Lipinski definition) is 1. The number of aryl methyl sites for hydroxylation is 1. The highest BCUT2D eigenvalue weighted by Crippen LogP contribution is 2.19. The van der Waals surface area contributed by atoms with Crippen LogP contribution in [0.3, 0.4) is 0 Å². The molecule has 66 valence electrons. The molecule has 2 heteroatoms. The van der Waals surface area contributed by atoms with E-state index in [-0.39, 0.29) is 0 Å². The van der Waals surface area contributed by atoms with E-state index in [0.717, 1.165) is 17.1 Å². The van der Waals surface area contributed by atoms with E-state index in [9.17, 15) is 0 Å². The van der Waals surface area contributed by atoms with Crippen molar-refractivity contribution in [3.05, 3.63) is 28.8 Å². The smallest absolute Gasteiger partial charge is 0.0410 e. The highest BCUT2D eigenvalue weighted by molar-refractivity contribution is 6.30. The van der Waals surface area contributed by atoms with Crippen LogP contribution >= 0.6 is 11.6 Å². The zero-order valence-electron chi connectivity index (χ0n) is 7.31. The normalized spacial score (nSPS) is 10.2. The minimum absolute atomic E-state index is 0.773. The van der Waals surface area contributed by atoms with Gasteiger partial charge < -0.3 is 5.73 Å². The third kappa shape index (κ3) is 2.42. The summed E-state index contributed by atoms with van der Waals surface area (Å²) in [6.07, 6.45) is 3.39. The minimum Gasteiger partial charge on any atom is -0.399 e. The van der Waals surface area contributed by atoms with Gasteiger partial charge in [0.1, 0.15) is 0 Å². The van der Waals surface area contributed by atoms with Gasteiger partial charge in [-0.3, -0.25) is 0 Å². The number of rotatable bonds is 3. The fourth-order valence-electron chi connectivity index (χ4n) is 1.16. The maximum atomic E-state index is 5.84. The van der Waals surface area contributed by atoms with Crippen LogP contribution in [0.1, 0.15) is 25.3 Å². The number of unbranched alkanes of at least 4 members (excludes halogenated alkanes) is 1. The maximum absolute atomic E-state index is 5.84. The second-order valence-electron chi connectivity index (χ2n) is 2.95. The van der Waals surface area contributed by atoms with Crippen LogP contribution in [0.15, 0.2) is 18.2 Å². The third-order valence-electron chi connectivity index (χ3n) is 1.90. The van der Waals surface area contributed by atoms with Crippen molar-refractivity contribution in [3.8, 4) is 0 Å². The molecule has 0 unspecified atom stereocenters. The lowest BCUT2D eigenvalue weighted by atomic mass is 10.1. The zero-order chi connectivity index (χ0) is 8.97. The van der Waals surface area contributed by atoms with Crippen LogP contribution < -0.4 is 5.73 Å². The molecule has 0 bridgehead atoms. The fourth-order valence-corrected chi connectivity index (χ4v) is 1.35. The van der Waals surface area contributed by atoms with E-state index in [2.05, 4.69) is 6.92 Å². The highest BCUT2D eigenvalue weighted by atomic mass is 35.5. The quantitative estimate of drug-likeness (QED) is 0.716. The van der Waals surface area contributed by atoms with E-state index in [0.29, 0.717) is 0 Å². The predicted molar refractivity (Wildman–Crippen MR) is 54.5 cm³/mol. The monoisotopic (exact) mass is 183 g/mol. The summed E-state index contributed by atoms with van der Waals surface area (Å²) < 4.78 is 0. The zero-order valence-corrected chi connectivity index (χ0v) is 8.06. The number of benzene rings is 1. The summed E-state index contributed by atoms with van der Waals surface area (Å²) in [6, 6.07) is 5.65. The summed E-state index contributed by atoms with van der Waals surface area (Å²) in [5.74, 6) is 0. The number of nitrogen functional groups attached to an aromatic ring is 1. The number of halogens is 1. The minimum atomic E-state index is 0.773. The first kappa shape index (κ1) is 9.40. The number of hydrogen-bond acceptors (Lipinski definition) is 1. The van der Waals surface area contributed by atoms with Gasteiger partial charge in [-0.05, 0) is 36.6 Å². The number of nitrogens with two attached hydrogens (primary N) is 1. The third-order valence-corrected chi connectivity index (χ3v) is 2.14. The molecule has 0 aliphatic heterocycles. The molecule has 1 nitrogen and oxygen atoms in total. The lowest BCUT2D eigenvalue weighted by molar-refractivity contribution is 0.796. The van der Waals surface area contributed by atoms with Crippen molar-refractivity contribution >= 4 is 17.3 Å².